The summed E-state index contributed by atoms with van der Waals surface area (Å²) in [5.74, 6) is 1.23. The third kappa shape index (κ3) is 3.80. The number of rotatable bonds is 6. The number of aryl methyl sites for hydroxylation is 1. The van der Waals surface area contributed by atoms with Crippen molar-refractivity contribution in [2.24, 2.45) is 5.92 Å². The van der Waals surface area contributed by atoms with Gasteiger partial charge in [0.2, 0.25) is 11.8 Å². The minimum absolute atomic E-state index is 0.0892. The van der Waals surface area contributed by atoms with E-state index in [1.165, 1.54) is 0 Å². The Bertz CT molecular complexity index is 1110. The Hall–Kier alpha value is -3.55. The summed E-state index contributed by atoms with van der Waals surface area (Å²) in [6.07, 6.45) is 0.164. The summed E-state index contributed by atoms with van der Waals surface area (Å²) in [6.45, 7) is 2.38. The fourth-order valence-electron chi connectivity index (χ4n) is 3.68. The molecule has 0 saturated carbocycles. The van der Waals surface area contributed by atoms with Crippen molar-refractivity contribution in [1.82, 2.24) is 10.3 Å². The van der Waals surface area contributed by atoms with E-state index in [-0.39, 0.29) is 24.8 Å². The van der Waals surface area contributed by atoms with Crippen LogP contribution in [0.1, 0.15) is 17.9 Å². The van der Waals surface area contributed by atoms with Gasteiger partial charge in [0, 0.05) is 37.7 Å². The van der Waals surface area contributed by atoms with Crippen LogP contribution in [-0.4, -0.2) is 37.6 Å². The van der Waals surface area contributed by atoms with E-state index < -0.39 is 5.92 Å². The summed E-state index contributed by atoms with van der Waals surface area (Å²) in [7, 11) is 3.16. The monoisotopic (exact) mass is 409 g/mol. The van der Waals surface area contributed by atoms with Crippen LogP contribution in [0.2, 0.25) is 0 Å². The molecular formula is C22H23N3O5. The zero-order valence-corrected chi connectivity index (χ0v) is 17.1. The predicted molar refractivity (Wildman–Crippen MR) is 111 cm³/mol. The van der Waals surface area contributed by atoms with Crippen molar-refractivity contribution in [3.8, 4) is 11.5 Å². The fraction of sp³-hybridized carbons (Fsp3) is 0.318. The zero-order valence-electron chi connectivity index (χ0n) is 17.1. The molecule has 2 heterocycles. The number of nitrogens with zero attached hydrogens (tertiary/aromatic N) is 2. The molecule has 3 aromatic rings. The van der Waals surface area contributed by atoms with Gasteiger partial charge in [-0.2, -0.15) is 0 Å². The topological polar surface area (TPSA) is 93.9 Å². The largest absolute Gasteiger partial charge is 0.497 e. The molecule has 0 spiro atoms. The summed E-state index contributed by atoms with van der Waals surface area (Å²) in [5.41, 5.74) is 2.88. The van der Waals surface area contributed by atoms with Crippen LogP contribution in [0.3, 0.4) is 0 Å². The highest BCUT2D eigenvalue weighted by atomic mass is 16.5. The molecule has 1 aliphatic rings. The second-order valence-corrected chi connectivity index (χ2v) is 7.19. The van der Waals surface area contributed by atoms with Crippen LogP contribution in [0.15, 0.2) is 40.8 Å². The average Bonchev–Trinajstić information content (AvgIpc) is 3.32. The van der Waals surface area contributed by atoms with E-state index in [9.17, 15) is 9.59 Å². The molecule has 8 nitrogen and oxygen atoms in total. The molecule has 1 atom stereocenters. The first-order chi connectivity index (χ1) is 14.5. The van der Waals surface area contributed by atoms with E-state index in [2.05, 4.69) is 10.3 Å². The number of benzene rings is 2. The van der Waals surface area contributed by atoms with Crippen LogP contribution < -0.4 is 19.7 Å². The Kier molecular flexibility index (Phi) is 5.31. The molecule has 0 aliphatic carbocycles. The highest BCUT2D eigenvalue weighted by molar-refractivity contribution is 6.01. The molecule has 0 radical (unpaired) electrons. The lowest BCUT2D eigenvalue weighted by Crippen LogP contribution is -2.32. The number of ether oxygens (including phenoxy) is 2. The first kappa shape index (κ1) is 19.8. The number of oxazole rings is 1. The summed E-state index contributed by atoms with van der Waals surface area (Å²) < 4.78 is 16.1. The minimum Gasteiger partial charge on any atom is -0.497 e. The smallest absolute Gasteiger partial charge is 0.227 e. The van der Waals surface area contributed by atoms with Crippen molar-refractivity contribution in [3.05, 3.63) is 47.9 Å². The highest BCUT2D eigenvalue weighted by Crippen LogP contribution is 2.29. The quantitative estimate of drug-likeness (QED) is 0.673. The number of fused-ring (bicyclic) bond motifs is 1. The maximum Gasteiger partial charge on any atom is 0.227 e. The van der Waals surface area contributed by atoms with Crippen LogP contribution in [-0.2, 0) is 16.1 Å². The number of hydrogen-bond acceptors (Lipinski definition) is 6. The SMILES string of the molecule is COc1ccc(OC)c(CNC(=O)C2CC(=O)N(c3ccc4oc(C)nc4c3)C2)c1. The molecule has 1 aromatic heterocycles. The highest BCUT2D eigenvalue weighted by Gasteiger charge is 2.35. The summed E-state index contributed by atoms with van der Waals surface area (Å²) in [4.78, 5) is 31.2. The molecule has 156 valence electrons. The number of carbonyl (C=O) groups excluding carboxylic acids is 2. The summed E-state index contributed by atoms with van der Waals surface area (Å²) in [6, 6.07) is 10.8. The lowest BCUT2D eigenvalue weighted by molar-refractivity contribution is -0.126. The summed E-state index contributed by atoms with van der Waals surface area (Å²) >= 11 is 0. The van der Waals surface area contributed by atoms with Gasteiger partial charge in [0.15, 0.2) is 11.5 Å². The van der Waals surface area contributed by atoms with Crippen molar-refractivity contribution < 1.29 is 23.5 Å². The molecule has 1 fully saturated rings. The van der Waals surface area contributed by atoms with Crippen molar-refractivity contribution >= 4 is 28.6 Å². The second kappa shape index (κ2) is 8.06. The molecule has 1 N–H and O–H groups in total. The number of nitrogens with one attached hydrogen (secondary N) is 1. The van der Waals surface area contributed by atoms with E-state index in [4.69, 9.17) is 13.9 Å². The normalized spacial score (nSPS) is 16.2. The number of methoxy groups -OCH3 is 2. The van der Waals surface area contributed by atoms with Gasteiger partial charge in [0.05, 0.1) is 20.1 Å². The number of carbonyl (C=O) groups is 2. The molecule has 2 aromatic carbocycles. The van der Waals surface area contributed by atoms with E-state index in [0.717, 1.165) is 5.56 Å². The van der Waals surface area contributed by atoms with Gasteiger partial charge in [-0.15, -0.1) is 0 Å². The number of aromatic nitrogens is 1. The lowest BCUT2D eigenvalue weighted by Gasteiger charge is -2.17. The van der Waals surface area contributed by atoms with E-state index in [1.54, 1.807) is 44.2 Å². The van der Waals surface area contributed by atoms with Crippen LogP contribution >= 0.6 is 0 Å². The number of amides is 2. The average molecular weight is 409 g/mol. The second-order valence-electron chi connectivity index (χ2n) is 7.19. The molecule has 1 unspecified atom stereocenters. The van der Waals surface area contributed by atoms with Crippen LogP contribution in [0.25, 0.3) is 11.1 Å². The molecule has 1 saturated heterocycles. The Morgan fingerprint density at radius 1 is 1.23 bits per heavy atom. The van der Waals surface area contributed by atoms with Gasteiger partial charge in [-0.1, -0.05) is 0 Å². The molecule has 30 heavy (non-hydrogen) atoms. The maximum atomic E-state index is 12.7. The van der Waals surface area contributed by atoms with Crippen molar-refractivity contribution in [2.75, 3.05) is 25.7 Å². The van der Waals surface area contributed by atoms with Crippen LogP contribution in [0.5, 0.6) is 11.5 Å². The number of hydrogen-bond donors (Lipinski definition) is 1. The first-order valence-corrected chi connectivity index (χ1v) is 9.64. The predicted octanol–water partition coefficient (Wildman–Crippen LogP) is 2.82. The first-order valence-electron chi connectivity index (χ1n) is 9.64. The Morgan fingerprint density at radius 2 is 2.07 bits per heavy atom. The van der Waals surface area contributed by atoms with Gasteiger partial charge in [-0.25, -0.2) is 4.98 Å². The molecule has 4 rings (SSSR count). The molecule has 1 aliphatic heterocycles. The lowest BCUT2D eigenvalue weighted by atomic mass is 10.1. The molecule has 2 amide bonds. The zero-order chi connectivity index (χ0) is 21.3. The van der Waals surface area contributed by atoms with Gasteiger partial charge < -0.3 is 24.1 Å². The Morgan fingerprint density at radius 3 is 2.83 bits per heavy atom. The van der Waals surface area contributed by atoms with E-state index in [1.807, 2.05) is 18.2 Å². The Balaban J connectivity index is 1.44. The number of anilines is 1. The van der Waals surface area contributed by atoms with Gasteiger partial charge in [0.25, 0.3) is 0 Å². The van der Waals surface area contributed by atoms with Gasteiger partial charge in [0.1, 0.15) is 17.0 Å². The van der Waals surface area contributed by atoms with E-state index in [0.29, 0.717) is 40.7 Å². The molecule has 8 heteroatoms. The van der Waals surface area contributed by atoms with Crippen molar-refractivity contribution in [3.63, 3.8) is 0 Å². The fourth-order valence-corrected chi connectivity index (χ4v) is 3.68. The minimum atomic E-state index is -0.427. The summed E-state index contributed by atoms with van der Waals surface area (Å²) in [5, 5.41) is 2.91. The van der Waals surface area contributed by atoms with Crippen LogP contribution in [0.4, 0.5) is 5.69 Å². The van der Waals surface area contributed by atoms with E-state index >= 15 is 0 Å². The third-order valence-corrected chi connectivity index (χ3v) is 5.23. The Labute approximate surface area is 173 Å². The van der Waals surface area contributed by atoms with Crippen molar-refractivity contribution in [1.29, 1.82) is 0 Å². The standard InChI is InChI=1S/C22H23N3O5/c1-13-24-18-10-16(4-6-20(18)30-13)25-12-15(9-21(25)26)22(27)23-11-14-8-17(28-2)5-7-19(14)29-3/h4-8,10,15H,9,11-12H2,1-3H3,(H,23,27). The van der Waals surface area contributed by atoms with Gasteiger partial charge in [-0.05, 0) is 36.4 Å². The maximum absolute atomic E-state index is 12.7. The van der Waals surface area contributed by atoms with Gasteiger partial charge >= 0.3 is 0 Å². The van der Waals surface area contributed by atoms with Crippen molar-refractivity contribution in [2.45, 2.75) is 19.9 Å². The molecular weight excluding hydrogens is 386 g/mol. The third-order valence-electron chi connectivity index (χ3n) is 5.23. The molecule has 0 bridgehead atoms. The van der Waals surface area contributed by atoms with Crippen LogP contribution in [0, 0.1) is 12.8 Å². The van der Waals surface area contributed by atoms with Gasteiger partial charge in [-0.3, -0.25) is 9.59 Å².